The number of aliphatic hydroxyl groups is 1. The van der Waals surface area contributed by atoms with Crippen LogP contribution < -0.4 is 30.6 Å². The van der Waals surface area contributed by atoms with Gasteiger partial charge in [0.25, 0.3) is 5.91 Å². The zero-order valence-electron chi connectivity index (χ0n) is 17.4. The molecule has 1 heterocycles. The molecule has 1 fully saturated rings. The van der Waals surface area contributed by atoms with Crippen LogP contribution in [0.2, 0.25) is 0 Å². The lowest BCUT2D eigenvalue weighted by atomic mass is 10.0. The van der Waals surface area contributed by atoms with E-state index in [1.54, 1.807) is 43.5 Å². The van der Waals surface area contributed by atoms with E-state index in [-0.39, 0.29) is 43.3 Å². The van der Waals surface area contributed by atoms with Gasteiger partial charge in [-0.2, -0.15) is 0 Å². The Labute approximate surface area is 194 Å². The van der Waals surface area contributed by atoms with Crippen molar-refractivity contribution in [1.82, 2.24) is 10.6 Å². The number of benzene rings is 2. The summed E-state index contributed by atoms with van der Waals surface area (Å²) in [6.45, 7) is 1.49. The summed E-state index contributed by atoms with van der Waals surface area (Å²) in [5, 5.41) is 16.1. The molecule has 0 unspecified atom stereocenters. The second-order valence-electron chi connectivity index (χ2n) is 6.75. The Balaban J connectivity index is 0.00000240. The zero-order chi connectivity index (χ0) is 20.8. The van der Waals surface area contributed by atoms with Crippen molar-refractivity contribution >= 4 is 30.7 Å². The summed E-state index contributed by atoms with van der Waals surface area (Å²) in [6.07, 6.45) is 0.0256. The largest absolute Gasteiger partial charge is 0.496 e. The van der Waals surface area contributed by atoms with Crippen LogP contribution in [-0.2, 0) is 6.54 Å². The van der Waals surface area contributed by atoms with E-state index in [2.05, 4.69) is 10.6 Å². The van der Waals surface area contributed by atoms with Gasteiger partial charge in [0.15, 0.2) is 11.5 Å². The Kier molecular flexibility index (Phi) is 10.9. The molecule has 3 rings (SSSR count). The topological polar surface area (TPSA) is 115 Å². The number of nitrogens with two attached hydrogens (primary N) is 1. The van der Waals surface area contributed by atoms with Crippen molar-refractivity contribution in [1.29, 1.82) is 0 Å². The number of piperidine rings is 1. The fraction of sp³-hybridized carbons (Fsp3) is 0.381. The fourth-order valence-corrected chi connectivity index (χ4v) is 3.29. The first kappa shape index (κ1) is 26.8. The molecule has 5 N–H and O–H groups in total. The molecule has 1 aliphatic rings. The Bertz CT molecular complexity index is 869. The first-order valence-electron chi connectivity index (χ1n) is 9.48. The molecular formula is C21H29Cl2N3O5. The van der Waals surface area contributed by atoms with Crippen LogP contribution in [0.25, 0.3) is 0 Å². The smallest absolute Gasteiger partial charge is 0.251 e. The van der Waals surface area contributed by atoms with Gasteiger partial charge in [-0.15, -0.1) is 24.8 Å². The third kappa shape index (κ3) is 6.38. The highest BCUT2D eigenvalue weighted by Gasteiger charge is 2.25. The molecule has 0 saturated carbocycles. The number of halogens is 2. The number of carbonyl (C=O) groups is 1. The van der Waals surface area contributed by atoms with Crippen molar-refractivity contribution in [2.75, 3.05) is 27.3 Å². The first-order chi connectivity index (χ1) is 14.1. The molecule has 0 spiro atoms. The molecule has 8 nitrogen and oxygen atoms in total. The second-order valence-corrected chi connectivity index (χ2v) is 6.75. The molecule has 172 valence electrons. The first-order valence-corrected chi connectivity index (χ1v) is 9.48. The summed E-state index contributed by atoms with van der Waals surface area (Å²) in [5.74, 6) is 1.71. The van der Waals surface area contributed by atoms with E-state index in [1.807, 2.05) is 0 Å². The second kappa shape index (κ2) is 12.6. The van der Waals surface area contributed by atoms with Crippen molar-refractivity contribution in [2.45, 2.75) is 25.1 Å². The maximum Gasteiger partial charge on any atom is 0.251 e. The molecule has 1 amide bonds. The van der Waals surface area contributed by atoms with E-state index in [9.17, 15) is 9.90 Å². The van der Waals surface area contributed by atoms with Crippen molar-refractivity contribution in [3.63, 3.8) is 0 Å². The number of rotatable bonds is 7. The fourth-order valence-electron chi connectivity index (χ4n) is 3.29. The van der Waals surface area contributed by atoms with E-state index in [0.717, 1.165) is 6.54 Å². The van der Waals surface area contributed by atoms with E-state index >= 15 is 0 Å². The molecule has 10 heteroatoms. The zero-order valence-corrected chi connectivity index (χ0v) is 19.1. The number of nitrogens with one attached hydrogen (secondary N) is 2. The van der Waals surface area contributed by atoms with E-state index < -0.39 is 6.10 Å². The van der Waals surface area contributed by atoms with Crippen molar-refractivity contribution in [2.24, 2.45) is 5.73 Å². The highest BCUT2D eigenvalue weighted by atomic mass is 35.5. The summed E-state index contributed by atoms with van der Waals surface area (Å²) < 4.78 is 16.8. The summed E-state index contributed by atoms with van der Waals surface area (Å²) in [4.78, 5) is 12.7. The molecule has 1 saturated heterocycles. The van der Waals surface area contributed by atoms with Crippen LogP contribution in [0.4, 0.5) is 0 Å². The third-order valence-corrected chi connectivity index (χ3v) is 4.92. The van der Waals surface area contributed by atoms with Gasteiger partial charge in [-0.05, 0) is 43.3 Å². The lowest BCUT2D eigenvalue weighted by Gasteiger charge is -2.29. The number of methoxy groups -OCH3 is 2. The lowest BCUT2D eigenvalue weighted by Crippen LogP contribution is -2.53. The number of aliphatic hydroxyl groups excluding tert-OH is 1. The Morgan fingerprint density at radius 3 is 2.48 bits per heavy atom. The van der Waals surface area contributed by atoms with Crippen LogP contribution in [0.3, 0.4) is 0 Å². The molecule has 0 bridgehead atoms. The molecule has 2 aromatic rings. The maximum absolute atomic E-state index is 12.7. The van der Waals surface area contributed by atoms with Crippen LogP contribution in [-0.4, -0.2) is 50.5 Å². The van der Waals surface area contributed by atoms with Crippen LogP contribution >= 0.6 is 24.8 Å². The number of carbonyl (C=O) groups excluding carboxylic acids is 1. The van der Waals surface area contributed by atoms with Gasteiger partial charge in [-0.1, -0.05) is 6.07 Å². The summed E-state index contributed by atoms with van der Waals surface area (Å²) >= 11 is 0. The van der Waals surface area contributed by atoms with Crippen LogP contribution in [0, 0.1) is 0 Å². The lowest BCUT2D eigenvalue weighted by molar-refractivity contribution is 0.0754. The number of ether oxygens (including phenoxy) is 3. The van der Waals surface area contributed by atoms with Crippen molar-refractivity contribution in [3.8, 4) is 23.0 Å². The Hall–Kier alpha value is -2.23. The highest BCUT2D eigenvalue weighted by Crippen LogP contribution is 2.36. The quantitative estimate of drug-likeness (QED) is 0.487. The molecule has 0 radical (unpaired) electrons. The monoisotopic (exact) mass is 473 g/mol. The minimum Gasteiger partial charge on any atom is -0.496 e. The summed E-state index contributed by atoms with van der Waals surface area (Å²) in [6, 6.07) is 9.97. The maximum atomic E-state index is 12.7. The SMILES string of the molecule is COc1ccc(C(=O)N[C@@H]2CNCC[C@H]2O)cc1Oc1cccc(OC)c1CN.Cl.Cl. The van der Waals surface area contributed by atoms with Gasteiger partial charge in [-0.25, -0.2) is 0 Å². The normalized spacial score (nSPS) is 17.5. The van der Waals surface area contributed by atoms with Crippen molar-refractivity contribution in [3.05, 3.63) is 47.5 Å². The van der Waals surface area contributed by atoms with Gasteiger partial charge in [0.1, 0.15) is 11.5 Å². The van der Waals surface area contributed by atoms with Gasteiger partial charge < -0.3 is 35.7 Å². The van der Waals surface area contributed by atoms with Gasteiger partial charge in [0.2, 0.25) is 0 Å². The van der Waals surface area contributed by atoms with Crippen LogP contribution in [0.1, 0.15) is 22.3 Å². The highest BCUT2D eigenvalue weighted by molar-refractivity contribution is 5.95. The number of hydrogen-bond donors (Lipinski definition) is 4. The molecule has 0 aromatic heterocycles. The van der Waals surface area contributed by atoms with Gasteiger partial charge >= 0.3 is 0 Å². The Morgan fingerprint density at radius 2 is 1.84 bits per heavy atom. The average Bonchev–Trinajstić information content (AvgIpc) is 2.75. The van der Waals surface area contributed by atoms with Crippen LogP contribution in [0.15, 0.2) is 36.4 Å². The van der Waals surface area contributed by atoms with Gasteiger partial charge in [0, 0.05) is 18.7 Å². The standard InChI is InChI=1S/C21H27N3O5.2ClH/c1-27-17-4-3-5-18(14(17)11-22)29-20-10-13(6-7-19(20)28-2)21(26)24-15-12-23-9-8-16(15)25;;/h3-7,10,15-16,23,25H,8-9,11-12,22H2,1-2H3,(H,24,26);2*1H/t15-,16-;;/m1../s1. The molecule has 1 aliphatic heterocycles. The van der Waals surface area contributed by atoms with E-state index in [1.165, 1.54) is 7.11 Å². The minimum absolute atomic E-state index is 0. The number of amides is 1. The number of hydrogen-bond acceptors (Lipinski definition) is 7. The van der Waals surface area contributed by atoms with E-state index in [0.29, 0.717) is 47.1 Å². The Morgan fingerprint density at radius 1 is 1.13 bits per heavy atom. The average molecular weight is 474 g/mol. The molecule has 0 aliphatic carbocycles. The van der Waals surface area contributed by atoms with Gasteiger partial charge in [-0.3, -0.25) is 4.79 Å². The van der Waals surface area contributed by atoms with Crippen molar-refractivity contribution < 1.29 is 24.1 Å². The van der Waals surface area contributed by atoms with E-state index in [4.69, 9.17) is 19.9 Å². The third-order valence-electron chi connectivity index (χ3n) is 4.92. The molecule has 2 atom stereocenters. The molecule has 2 aromatic carbocycles. The summed E-state index contributed by atoms with van der Waals surface area (Å²) in [5.41, 5.74) is 6.97. The predicted molar refractivity (Wildman–Crippen MR) is 123 cm³/mol. The predicted octanol–water partition coefficient (Wildman–Crippen LogP) is 2.25. The van der Waals surface area contributed by atoms with Crippen LogP contribution in [0.5, 0.6) is 23.0 Å². The van der Waals surface area contributed by atoms with Gasteiger partial charge in [0.05, 0.1) is 31.9 Å². The summed E-state index contributed by atoms with van der Waals surface area (Å²) in [7, 11) is 3.10. The molecular weight excluding hydrogens is 445 g/mol. The molecule has 31 heavy (non-hydrogen) atoms. The minimum atomic E-state index is -0.571.